The minimum atomic E-state index is -0.727. The molecule has 3 aromatic rings. The molecule has 0 saturated carbocycles. The number of nitrogens with one attached hydrogen (secondary N) is 2. The molecule has 8 nitrogen and oxygen atoms in total. The van der Waals surface area contributed by atoms with Crippen molar-refractivity contribution in [1.29, 1.82) is 0 Å². The first kappa shape index (κ1) is 23.0. The van der Waals surface area contributed by atoms with Crippen LogP contribution < -0.4 is 27.1 Å². The van der Waals surface area contributed by atoms with Gasteiger partial charge in [-0.05, 0) is 49.6 Å². The Labute approximate surface area is 195 Å². The number of hydrogen-bond acceptors (Lipinski definition) is 5. The Kier molecular flexibility index (Phi) is 6.32. The van der Waals surface area contributed by atoms with Crippen LogP contribution in [-0.4, -0.2) is 27.1 Å². The topological polar surface area (TPSA) is 117 Å². The van der Waals surface area contributed by atoms with Crippen LogP contribution in [0, 0.1) is 13.8 Å². The van der Waals surface area contributed by atoms with Crippen LogP contribution in [0.25, 0.3) is 17.3 Å². The van der Waals surface area contributed by atoms with E-state index in [0.29, 0.717) is 30.8 Å². The second-order valence-electron chi connectivity index (χ2n) is 8.21. The smallest absolute Gasteiger partial charge is 0.335 e. The number of fused-ring (bicyclic) bond motifs is 1. The van der Waals surface area contributed by atoms with E-state index in [0.717, 1.165) is 31.8 Å². The van der Waals surface area contributed by atoms with E-state index in [1.54, 1.807) is 13.0 Å². The van der Waals surface area contributed by atoms with Crippen LogP contribution in [0.3, 0.4) is 0 Å². The molecular weight excluding hydrogens is 432 g/mol. The summed E-state index contributed by atoms with van der Waals surface area (Å²) in [4.78, 5) is 44.0. The number of carbonyl (C=O) groups is 1. The molecule has 0 unspecified atom stereocenters. The molecular formula is C26H26N4O4. The van der Waals surface area contributed by atoms with Crippen LogP contribution in [0.5, 0.6) is 5.88 Å². The van der Waals surface area contributed by atoms with E-state index >= 15 is 0 Å². The fraction of sp³-hybridized carbons (Fsp3) is 0.231. The van der Waals surface area contributed by atoms with Crippen molar-refractivity contribution in [2.75, 3.05) is 6.54 Å². The van der Waals surface area contributed by atoms with Gasteiger partial charge in [-0.25, -0.2) is 14.4 Å². The highest BCUT2D eigenvalue weighted by Gasteiger charge is 2.19. The lowest BCUT2D eigenvalue weighted by Gasteiger charge is -2.13. The summed E-state index contributed by atoms with van der Waals surface area (Å²) < 4.78 is 1.09. The quantitative estimate of drug-likeness (QED) is 0.520. The van der Waals surface area contributed by atoms with Crippen LogP contribution in [-0.2, 0) is 4.79 Å². The van der Waals surface area contributed by atoms with Gasteiger partial charge in [-0.1, -0.05) is 42.8 Å². The molecule has 4 rings (SSSR count). The lowest BCUT2D eigenvalue weighted by molar-refractivity contribution is -0.120. The van der Waals surface area contributed by atoms with Gasteiger partial charge in [0, 0.05) is 18.2 Å². The Morgan fingerprint density at radius 2 is 1.94 bits per heavy atom. The van der Waals surface area contributed by atoms with E-state index < -0.39 is 17.1 Å². The number of aryl methyl sites for hydroxylation is 2. The lowest BCUT2D eigenvalue weighted by Crippen LogP contribution is -2.30. The number of carbonyl (C=O) groups excluding carboxylic acids is 1. The maximum Gasteiger partial charge on any atom is 0.335 e. The van der Waals surface area contributed by atoms with E-state index in [-0.39, 0.29) is 11.5 Å². The van der Waals surface area contributed by atoms with Crippen LogP contribution in [0.1, 0.15) is 36.5 Å². The normalized spacial score (nSPS) is 13.6. The van der Waals surface area contributed by atoms with Gasteiger partial charge in [0.2, 0.25) is 11.8 Å². The van der Waals surface area contributed by atoms with Crippen molar-refractivity contribution in [3.8, 4) is 11.6 Å². The molecule has 0 bridgehead atoms. The average Bonchev–Trinajstić information content (AvgIpc) is 3.15. The molecule has 34 heavy (non-hydrogen) atoms. The molecule has 0 atom stereocenters. The van der Waals surface area contributed by atoms with Crippen molar-refractivity contribution in [1.82, 2.24) is 14.9 Å². The van der Waals surface area contributed by atoms with Gasteiger partial charge in [0.25, 0.3) is 5.56 Å². The number of para-hydroxylation sites is 1. The lowest BCUT2D eigenvalue weighted by atomic mass is 10.1. The number of aromatic nitrogens is 2. The van der Waals surface area contributed by atoms with Gasteiger partial charge in [-0.2, -0.15) is 0 Å². The number of nitrogens with zero attached hydrogens (tertiary/aromatic N) is 2. The Hall–Kier alpha value is -4.20. The third-order valence-corrected chi connectivity index (χ3v) is 5.79. The third-order valence-electron chi connectivity index (χ3n) is 5.79. The first-order valence-corrected chi connectivity index (χ1v) is 11.1. The standard InChI is InChI=1S/C26H26N4O4/c1-4-23(31)27-12-11-18-17-7-5-6-8-20(17)28-21(18)14-19-24(32)29-26(34)30(25(19)33)22-10-9-15(2)13-16(22)3/h5-10,13-14,33H,4,11-12H2,1-3H3,(H,27,31)(H,29,32,34)/b21-14-. The molecule has 0 spiro atoms. The molecule has 1 aliphatic heterocycles. The number of benzene rings is 2. The van der Waals surface area contributed by atoms with Crippen molar-refractivity contribution < 1.29 is 9.90 Å². The number of rotatable bonds is 6. The first-order chi connectivity index (χ1) is 16.3. The molecule has 2 heterocycles. The Morgan fingerprint density at radius 1 is 1.18 bits per heavy atom. The molecule has 0 radical (unpaired) electrons. The predicted molar refractivity (Wildman–Crippen MR) is 130 cm³/mol. The fourth-order valence-electron chi connectivity index (χ4n) is 4.08. The number of allylic oxidation sites excluding steroid dienone is 1. The zero-order chi connectivity index (χ0) is 24.4. The van der Waals surface area contributed by atoms with Gasteiger partial charge in [-0.3, -0.25) is 14.6 Å². The fourth-order valence-corrected chi connectivity index (χ4v) is 4.08. The highest BCUT2D eigenvalue weighted by Crippen LogP contribution is 2.25. The Bertz CT molecular complexity index is 1560. The van der Waals surface area contributed by atoms with Gasteiger partial charge in [0.05, 0.1) is 16.7 Å². The van der Waals surface area contributed by atoms with Gasteiger partial charge in [-0.15, -0.1) is 0 Å². The van der Waals surface area contributed by atoms with Gasteiger partial charge >= 0.3 is 5.69 Å². The highest BCUT2D eigenvalue weighted by molar-refractivity contribution is 5.78. The summed E-state index contributed by atoms with van der Waals surface area (Å²) in [7, 11) is 0. The van der Waals surface area contributed by atoms with Crippen molar-refractivity contribution in [2.24, 2.45) is 4.99 Å². The molecule has 2 aromatic carbocycles. The number of aromatic hydroxyl groups is 1. The van der Waals surface area contributed by atoms with E-state index in [1.165, 1.54) is 6.08 Å². The first-order valence-electron chi connectivity index (χ1n) is 11.1. The molecule has 8 heteroatoms. The number of amides is 1. The number of hydrogen-bond donors (Lipinski definition) is 3. The molecule has 174 valence electrons. The second kappa shape index (κ2) is 9.35. The molecule has 3 N–H and O–H groups in total. The largest absolute Gasteiger partial charge is 0.494 e. The predicted octanol–water partition coefficient (Wildman–Crippen LogP) is 1.59. The SMILES string of the molecule is CCC(=O)NCCC1=c2ccccc2=N/C1=C\c1c(O)n(-c2ccc(C)cc2C)c(=O)[nH]c1=O. The van der Waals surface area contributed by atoms with Crippen LogP contribution in [0.2, 0.25) is 0 Å². The number of H-pyrrole nitrogens is 1. The molecule has 0 fully saturated rings. The summed E-state index contributed by atoms with van der Waals surface area (Å²) in [5.41, 5.74) is 2.10. The summed E-state index contributed by atoms with van der Waals surface area (Å²) in [5.74, 6) is -0.512. The van der Waals surface area contributed by atoms with E-state index in [1.807, 2.05) is 50.2 Å². The maximum atomic E-state index is 12.7. The van der Waals surface area contributed by atoms with E-state index in [2.05, 4.69) is 15.3 Å². The van der Waals surface area contributed by atoms with Gasteiger partial charge in [0.1, 0.15) is 5.56 Å². The van der Waals surface area contributed by atoms with Crippen molar-refractivity contribution in [3.63, 3.8) is 0 Å². The Morgan fingerprint density at radius 3 is 2.68 bits per heavy atom. The van der Waals surface area contributed by atoms with E-state index in [9.17, 15) is 19.5 Å². The molecule has 0 saturated heterocycles. The Balaban J connectivity index is 1.85. The van der Waals surface area contributed by atoms with Crippen LogP contribution >= 0.6 is 0 Å². The average molecular weight is 459 g/mol. The molecule has 1 aliphatic rings. The molecule has 0 aliphatic carbocycles. The summed E-state index contributed by atoms with van der Waals surface area (Å²) in [5, 5.41) is 15.5. The summed E-state index contributed by atoms with van der Waals surface area (Å²) >= 11 is 0. The highest BCUT2D eigenvalue weighted by atomic mass is 16.3. The van der Waals surface area contributed by atoms with Gasteiger partial charge in [0.15, 0.2) is 0 Å². The van der Waals surface area contributed by atoms with Crippen LogP contribution in [0.15, 0.2) is 62.7 Å². The van der Waals surface area contributed by atoms with Crippen LogP contribution in [0.4, 0.5) is 0 Å². The third kappa shape index (κ3) is 4.34. The van der Waals surface area contributed by atoms with Crippen molar-refractivity contribution in [2.45, 2.75) is 33.6 Å². The minimum absolute atomic E-state index is 0.0519. The zero-order valence-corrected chi connectivity index (χ0v) is 19.3. The van der Waals surface area contributed by atoms with Crippen molar-refractivity contribution in [3.05, 3.63) is 96.3 Å². The number of aromatic amines is 1. The van der Waals surface area contributed by atoms with E-state index in [4.69, 9.17) is 0 Å². The molecule has 1 aromatic heterocycles. The summed E-state index contributed by atoms with van der Waals surface area (Å²) in [6, 6.07) is 13.0. The summed E-state index contributed by atoms with van der Waals surface area (Å²) in [6.07, 6.45) is 2.38. The van der Waals surface area contributed by atoms with Crippen molar-refractivity contribution >= 4 is 17.6 Å². The summed E-state index contributed by atoms with van der Waals surface area (Å²) in [6.45, 7) is 5.96. The monoisotopic (exact) mass is 458 g/mol. The van der Waals surface area contributed by atoms with Gasteiger partial charge < -0.3 is 10.4 Å². The molecule has 1 amide bonds. The minimum Gasteiger partial charge on any atom is -0.494 e. The maximum absolute atomic E-state index is 12.7. The zero-order valence-electron chi connectivity index (χ0n) is 19.3. The second-order valence-corrected chi connectivity index (χ2v) is 8.21.